The Bertz CT molecular complexity index is 651. The highest BCUT2D eigenvalue weighted by molar-refractivity contribution is 6.06. The number of carbonyl (C=O) groups is 3. The van der Waals surface area contributed by atoms with Crippen molar-refractivity contribution in [1.82, 2.24) is 15.1 Å². The first-order valence-corrected chi connectivity index (χ1v) is 7.54. The molecular formula is C16H18FN3O3. The molecule has 1 N–H and O–H groups in total. The molecule has 2 aliphatic heterocycles. The normalized spacial score (nSPS) is 20.1. The van der Waals surface area contributed by atoms with Gasteiger partial charge >= 0.3 is 6.03 Å². The number of nitrogens with zero attached hydrogens (tertiary/aromatic N) is 2. The monoisotopic (exact) mass is 319 g/mol. The largest absolute Gasteiger partial charge is 0.342 e. The molecule has 1 aromatic rings. The highest BCUT2D eigenvalue weighted by atomic mass is 19.1. The Balaban J connectivity index is 1.60. The minimum Gasteiger partial charge on any atom is -0.342 e. The fourth-order valence-electron chi connectivity index (χ4n) is 3.12. The summed E-state index contributed by atoms with van der Waals surface area (Å²) in [4.78, 5) is 38.9. The second-order valence-electron chi connectivity index (χ2n) is 6.06. The zero-order chi connectivity index (χ0) is 16.6. The second kappa shape index (κ2) is 5.64. The Morgan fingerprint density at radius 3 is 2.35 bits per heavy atom. The van der Waals surface area contributed by atoms with E-state index in [0.29, 0.717) is 25.9 Å². The lowest BCUT2D eigenvalue weighted by molar-refractivity contribution is -0.137. The van der Waals surface area contributed by atoms with E-state index in [1.807, 2.05) is 0 Å². The number of urea groups is 1. The van der Waals surface area contributed by atoms with E-state index in [-0.39, 0.29) is 30.1 Å². The summed E-state index contributed by atoms with van der Waals surface area (Å²) in [6.45, 7) is 0.833. The summed E-state index contributed by atoms with van der Waals surface area (Å²) in [5.41, 5.74) is -0.111. The number of piperidine rings is 1. The third kappa shape index (κ3) is 2.78. The van der Waals surface area contributed by atoms with Crippen LogP contribution in [-0.4, -0.2) is 53.3 Å². The van der Waals surface area contributed by atoms with Crippen LogP contribution in [0.25, 0.3) is 0 Å². The van der Waals surface area contributed by atoms with E-state index < -0.39 is 5.54 Å². The van der Waals surface area contributed by atoms with Crippen LogP contribution in [0.2, 0.25) is 0 Å². The molecule has 0 unspecified atom stereocenters. The molecule has 2 heterocycles. The van der Waals surface area contributed by atoms with Crippen molar-refractivity contribution in [2.45, 2.75) is 24.8 Å². The van der Waals surface area contributed by atoms with Crippen LogP contribution in [-0.2, 0) is 16.0 Å². The Labute approximate surface area is 133 Å². The van der Waals surface area contributed by atoms with Crippen LogP contribution < -0.4 is 5.32 Å². The van der Waals surface area contributed by atoms with E-state index in [0.717, 1.165) is 10.5 Å². The molecule has 0 aromatic heterocycles. The quantitative estimate of drug-likeness (QED) is 0.824. The van der Waals surface area contributed by atoms with Crippen molar-refractivity contribution in [2.24, 2.45) is 0 Å². The maximum Gasteiger partial charge on any atom is 0.324 e. The summed E-state index contributed by atoms with van der Waals surface area (Å²) in [6, 6.07) is 5.45. The number of rotatable bonds is 2. The molecule has 0 aliphatic carbocycles. The highest BCUT2D eigenvalue weighted by Gasteiger charge is 2.51. The molecule has 0 bridgehead atoms. The third-order valence-electron chi connectivity index (χ3n) is 4.60. The molecule has 122 valence electrons. The fraction of sp³-hybridized carbons (Fsp3) is 0.438. The van der Waals surface area contributed by atoms with Gasteiger partial charge in [0.25, 0.3) is 5.91 Å². The van der Waals surface area contributed by atoms with Crippen molar-refractivity contribution in [2.75, 3.05) is 20.1 Å². The maximum atomic E-state index is 12.9. The van der Waals surface area contributed by atoms with Gasteiger partial charge in [-0.3, -0.25) is 14.5 Å². The minimum absolute atomic E-state index is 0.0587. The number of carbonyl (C=O) groups excluding carboxylic acids is 3. The molecule has 2 fully saturated rings. The van der Waals surface area contributed by atoms with Crippen LogP contribution in [0.4, 0.5) is 9.18 Å². The fourth-order valence-corrected chi connectivity index (χ4v) is 3.12. The van der Waals surface area contributed by atoms with Crippen molar-refractivity contribution in [3.05, 3.63) is 35.6 Å². The summed E-state index contributed by atoms with van der Waals surface area (Å²) in [5, 5.41) is 2.74. The van der Waals surface area contributed by atoms with E-state index in [1.165, 1.54) is 19.2 Å². The van der Waals surface area contributed by atoms with Gasteiger partial charge in [0.2, 0.25) is 5.91 Å². The Kier molecular flexibility index (Phi) is 3.79. The van der Waals surface area contributed by atoms with E-state index in [1.54, 1.807) is 17.0 Å². The van der Waals surface area contributed by atoms with Crippen LogP contribution in [0.3, 0.4) is 0 Å². The molecule has 2 saturated heterocycles. The number of imide groups is 1. The number of likely N-dealkylation sites (N-methyl/N-ethyl adjacent to an activating group) is 1. The number of benzene rings is 1. The van der Waals surface area contributed by atoms with Gasteiger partial charge in [0, 0.05) is 20.1 Å². The Morgan fingerprint density at radius 1 is 1.22 bits per heavy atom. The van der Waals surface area contributed by atoms with Crippen LogP contribution in [0.1, 0.15) is 18.4 Å². The van der Waals surface area contributed by atoms with Gasteiger partial charge in [0.05, 0.1) is 6.42 Å². The molecule has 4 amide bonds. The predicted octanol–water partition coefficient (Wildman–Crippen LogP) is 0.911. The molecule has 0 atom stereocenters. The number of hydrogen-bond acceptors (Lipinski definition) is 3. The van der Waals surface area contributed by atoms with Gasteiger partial charge in [-0.2, -0.15) is 0 Å². The standard InChI is InChI=1S/C16H18FN3O3/c1-19-14(22)16(18-15(19)23)6-8-20(9-7-16)13(21)10-11-2-4-12(17)5-3-11/h2-5H,6-10H2,1H3,(H,18,23). The molecule has 7 heteroatoms. The lowest BCUT2D eigenvalue weighted by Crippen LogP contribution is -2.56. The number of nitrogens with one attached hydrogen (secondary N) is 1. The highest BCUT2D eigenvalue weighted by Crippen LogP contribution is 2.29. The average molecular weight is 319 g/mol. The number of likely N-dealkylation sites (tertiary alicyclic amines) is 1. The zero-order valence-corrected chi connectivity index (χ0v) is 12.8. The Hall–Kier alpha value is -2.44. The van der Waals surface area contributed by atoms with Gasteiger partial charge in [0.15, 0.2) is 0 Å². The van der Waals surface area contributed by atoms with Crippen LogP contribution in [0.5, 0.6) is 0 Å². The first kappa shape index (κ1) is 15.5. The average Bonchev–Trinajstić information content (AvgIpc) is 2.74. The molecule has 0 saturated carbocycles. The maximum absolute atomic E-state index is 12.9. The van der Waals surface area contributed by atoms with Gasteiger partial charge in [-0.25, -0.2) is 9.18 Å². The van der Waals surface area contributed by atoms with Crippen molar-refractivity contribution < 1.29 is 18.8 Å². The molecule has 23 heavy (non-hydrogen) atoms. The van der Waals surface area contributed by atoms with Gasteiger partial charge in [-0.05, 0) is 30.5 Å². The molecule has 0 radical (unpaired) electrons. The smallest absolute Gasteiger partial charge is 0.324 e. The first-order valence-electron chi connectivity index (χ1n) is 7.54. The third-order valence-corrected chi connectivity index (χ3v) is 4.60. The molecule has 6 nitrogen and oxygen atoms in total. The lowest BCUT2D eigenvalue weighted by atomic mass is 9.87. The summed E-state index contributed by atoms with van der Waals surface area (Å²) in [5.74, 6) is -0.620. The predicted molar refractivity (Wildman–Crippen MR) is 80.0 cm³/mol. The summed E-state index contributed by atoms with van der Waals surface area (Å²) in [7, 11) is 1.46. The minimum atomic E-state index is -0.863. The van der Waals surface area contributed by atoms with Crippen LogP contribution in [0, 0.1) is 5.82 Å². The number of hydrogen-bond donors (Lipinski definition) is 1. The molecule has 1 spiro atoms. The van der Waals surface area contributed by atoms with E-state index in [2.05, 4.69) is 5.32 Å². The van der Waals surface area contributed by atoms with Gasteiger partial charge < -0.3 is 10.2 Å². The molecule has 3 rings (SSSR count). The van der Waals surface area contributed by atoms with E-state index in [9.17, 15) is 18.8 Å². The van der Waals surface area contributed by atoms with Gasteiger partial charge in [0.1, 0.15) is 11.4 Å². The van der Waals surface area contributed by atoms with Gasteiger partial charge in [-0.15, -0.1) is 0 Å². The van der Waals surface area contributed by atoms with Crippen molar-refractivity contribution >= 4 is 17.8 Å². The molecule has 1 aromatic carbocycles. The lowest BCUT2D eigenvalue weighted by Gasteiger charge is -2.37. The second-order valence-corrected chi connectivity index (χ2v) is 6.06. The van der Waals surface area contributed by atoms with E-state index >= 15 is 0 Å². The zero-order valence-electron chi connectivity index (χ0n) is 12.8. The summed E-state index contributed by atoms with van der Waals surface area (Å²) in [6.07, 6.45) is 1.03. The van der Waals surface area contributed by atoms with Crippen LogP contribution in [0.15, 0.2) is 24.3 Å². The van der Waals surface area contributed by atoms with Crippen LogP contribution >= 0.6 is 0 Å². The van der Waals surface area contributed by atoms with E-state index in [4.69, 9.17) is 0 Å². The SMILES string of the molecule is CN1C(=O)NC2(CCN(C(=O)Cc3ccc(F)cc3)CC2)C1=O. The number of amides is 4. The van der Waals surface area contributed by atoms with Gasteiger partial charge in [-0.1, -0.05) is 12.1 Å². The topological polar surface area (TPSA) is 69.7 Å². The summed E-state index contributed by atoms with van der Waals surface area (Å²) < 4.78 is 12.9. The Morgan fingerprint density at radius 2 is 1.83 bits per heavy atom. The molecular weight excluding hydrogens is 301 g/mol. The van der Waals surface area contributed by atoms with Crippen molar-refractivity contribution in [3.8, 4) is 0 Å². The van der Waals surface area contributed by atoms with Crippen molar-refractivity contribution in [3.63, 3.8) is 0 Å². The first-order chi connectivity index (χ1) is 10.9. The summed E-state index contributed by atoms with van der Waals surface area (Å²) >= 11 is 0. The molecule has 2 aliphatic rings. The van der Waals surface area contributed by atoms with Crippen molar-refractivity contribution in [1.29, 1.82) is 0 Å². The number of halogens is 1.